The van der Waals surface area contributed by atoms with Gasteiger partial charge in [0.2, 0.25) is 5.95 Å². The molecule has 0 bridgehead atoms. The summed E-state index contributed by atoms with van der Waals surface area (Å²) in [6.07, 6.45) is 5.41. The monoisotopic (exact) mass is 502 g/mol. The summed E-state index contributed by atoms with van der Waals surface area (Å²) in [5, 5.41) is 7.21. The van der Waals surface area contributed by atoms with Crippen LogP contribution < -0.4 is 16.4 Å². The number of para-hydroxylation sites is 1. The van der Waals surface area contributed by atoms with Crippen LogP contribution in [0.15, 0.2) is 54.7 Å². The Morgan fingerprint density at radius 2 is 1.79 bits per heavy atom. The van der Waals surface area contributed by atoms with Gasteiger partial charge in [0.25, 0.3) is 5.91 Å². The van der Waals surface area contributed by atoms with Gasteiger partial charge in [-0.1, -0.05) is 47.3 Å². The lowest BCUT2D eigenvalue weighted by Gasteiger charge is -2.18. The third kappa shape index (κ3) is 5.94. The highest BCUT2D eigenvalue weighted by molar-refractivity contribution is 6.39. The summed E-state index contributed by atoms with van der Waals surface area (Å²) in [4.78, 5) is 24.1. The second-order valence-corrected chi connectivity index (χ2v) is 8.79. The van der Waals surface area contributed by atoms with Gasteiger partial charge in [-0.25, -0.2) is 9.97 Å². The van der Waals surface area contributed by atoms with E-state index in [0.717, 1.165) is 0 Å². The van der Waals surface area contributed by atoms with Crippen molar-refractivity contribution in [2.24, 2.45) is 5.73 Å². The van der Waals surface area contributed by atoms with Crippen LogP contribution in [0.3, 0.4) is 0 Å². The minimum Gasteiger partial charge on any atom is -0.328 e. The van der Waals surface area contributed by atoms with E-state index in [-0.39, 0.29) is 5.91 Å². The maximum absolute atomic E-state index is 12.5. The van der Waals surface area contributed by atoms with E-state index in [2.05, 4.69) is 25.6 Å². The first kappa shape index (κ1) is 23.3. The number of hydrogen-bond donors (Lipinski definition) is 4. The van der Waals surface area contributed by atoms with Crippen LogP contribution in [-0.2, 0) is 0 Å². The Morgan fingerprint density at radius 3 is 2.42 bits per heavy atom. The van der Waals surface area contributed by atoms with Gasteiger partial charge in [0.15, 0.2) is 0 Å². The number of carbonyl (C=O) groups excluding carboxylic acids is 1. The number of anilines is 3. The van der Waals surface area contributed by atoms with E-state index in [4.69, 9.17) is 40.5 Å². The number of fused-ring (bicyclic) bond motifs is 1. The highest BCUT2D eigenvalue weighted by Crippen LogP contribution is 2.32. The van der Waals surface area contributed by atoms with Crippen molar-refractivity contribution in [3.8, 4) is 0 Å². The molecule has 0 spiro atoms. The zero-order chi connectivity index (χ0) is 23.4. The van der Waals surface area contributed by atoms with Gasteiger partial charge in [0.1, 0.15) is 5.82 Å². The summed E-state index contributed by atoms with van der Waals surface area (Å²) >= 11 is 18.3. The van der Waals surface area contributed by atoms with Crippen molar-refractivity contribution in [3.63, 3.8) is 0 Å². The number of aromatic amines is 1. The van der Waals surface area contributed by atoms with Crippen molar-refractivity contribution < 1.29 is 4.79 Å². The Hall–Kier alpha value is -2.84. The number of nitrogens with zero attached hydrogens (tertiary/aromatic N) is 2. The Labute approximate surface area is 205 Å². The Morgan fingerprint density at radius 1 is 1.06 bits per heavy atom. The first-order chi connectivity index (χ1) is 15.9. The molecule has 0 atom stereocenters. The van der Waals surface area contributed by atoms with Crippen molar-refractivity contribution >= 4 is 69.2 Å². The summed E-state index contributed by atoms with van der Waals surface area (Å²) in [6, 6.07) is 14.1. The number of rotatable bonds is 4. The summed E-state index contributed by atoms with van der Waals surface area (Å²) < 4.78 is 0. The minimum absolute atomic E-state index is 0.310. The van der Waals surface area contributed by atoms with Crippen LogP contribution in [0.2, 0.25) is 15.1 Å². The molecular formula is C23H21Cl3N6O. The van der Waals surface area contributed by atoms with E-state index in [9.17, 15) is 4.79 Å². The summed E-state index contributed by atoms with van der Waals surface area (Å²) in [6.45, 7) is 0. The van der Waals surface area contributed by atoms with Gasteiger partial charge in [-0.05, 0) is 55.3 Å². The highest BCUT2D eigenvalue weighted by Gasteiger charge is 2.12. The molecule has 1 fully saturated rings. The number of hydrogen-bond acceptors (Lipinski definition) is 5. The van der Waals surface area contributed by atoms with Crippen LogP contribution in [0.4, 0.5) is 17.5 Å². The largest absolute Gasteiger partial charge is 0.328 e. The number of aromatic nitrogens is 3. The zero-order valence-electron chi connectivity index (χ0n) is 17.4. The molecule has 0 radical (unpaired) electrons. The molecule has 0 saturated heterocycles. The van der Waals surface area contributed by atoms with E-state index < -0.39 is 0 Å². The van der Waals surface area contributed by atoms with E-state index >= 15 is 0 Å². The molecule has 0 aliphatic heterocycles. The van der Waals surface area contributed by atoms with Gasteiger partial charge in [-0.3, -0.25) is 4.79 Å². The lowest BCUT2D eigenvalue weighted by atomic mass is 9.95. The zero-order valence-corrected chi connectivity index (χ0v) is 19.7. The van der Waals surface area contributed by atoms with Gasteiger partial charge < -0.3 is 21.4 Å². The normalized spacial score (nSPS) is 13.1. The fourth-order valence-electron chi connectivity index (χ4n) is 3.05. The van der Waals surface area contributed by atoms with Crippen LogP contribution in [0, 0.1) is 0 Å². The molecule has 1 aliphatic rings. The molecule has 33 heavy (non-hydrogen) atoms. The van der Waals surface area contributed by atoms with Crippen LogP contribution in [-0.4, -0.2) is 26.9 Å². The van der Waals surface area contributed by atoms with E-state index in [1.54, 1.807) is 48.5 Å². The number of nitrogens with one attached hydrogen (secondary N) is 3. The van der Waals surface area contributed by atoms with Gasteiger partial charge in [-0.2, -0.15) is 0 Å². The second kappa shape index (κ2) is 10.4. The van der Waals surface area contributed by atoms with E-state index in [0.29, 0.717) is 55.2 Å². The molecule has 2 aromatic carbocycles. The SMILES string of the molecule is NC1CCC1.O=C(Nc1cc(Cl)ccn1)c1ccc2nc(Nc3c(Cl)cccc3Cl)[nH]c2c1. The molecule has 7 nitrogen and oxygen atoms in total. The topological polar surface area (TPSA) is 109 Å². The molecule has 2 aromatic heterocycles. The standard InChI is InChI=1S/C19H12Cl3N5O.C4H9N/c20-11-6-7-23-16(9-11)26-18(28)10-4-5-14-15(8-10)25-19(24-14)27-17-12(21)2-1-3-13(17)22;5-4-2-1-3-4/h1-9H,(H,23,26,28)(H2,24,25,27);4H,1-3,5H2. The quantitative estimate of drug-likeness (QED) is 0.257. The Bertz CT molecular complexity index is 1270. The van der Waals surface area contributed by atoms with Crippen molar-refractivity contribution in [1.82, 2.24) is 15.0 Å². The second-order valence-electron chi connectivity index (χ2n) is 7.54. The molecule has 0 unspecified atom stereocenters. The fraction of sp³-hybridized carbons (Fsp3) is 0.174. The average molecular weight is 504 g/mol. The molecule has 5 N–H and O–H groups in total. The lowest BCUT2D eigenvalue weighted by molar-refractivity contribution is 0.102. The predicted octanol–water partition coefficient (Wildman–Crippen LogP) is 6.41. The number of carbonyl (C=O) groups is 1. The van der Waals surface area contributed by atoms with Crippen LogP contribution in [0.5, 0.6) is 0 Å². The maximum atomic E-state index is 12.5. The highest BCUT2D eigenvalue weighted by atomic mass is 35.5. The Balaban J connectivity index is 0.000000459. The molecule has 10 heteroatoms. The molecule has 2 heterocycles. The maximum Gasteiger partial charge on any atom is 0.256 e. The number of imidazole rings is 1. The molecule has 1 aliphatic carbocycles. The number of halogens is 3. The predicted molar refractivity (Wildman–Crippen MR) is 135 cm³/mol. The smallest absolute Gasteiger partial charge is 0.256 e. The van der Waals surface area contributed by atoms with Gasteiger partial charge in [0, 0.05) is 22.8 Å². The molecule has 4 aromatic rings. The molecule has 1 amide bonds. The van der Waals surface area contributed by atoms with Crippen molar-refractivity contribution in [2.75, 3.05) is 10.6 Å². The number of pyridine rings is 1. The van der Waals surface area contributed by atoms with Crippen LogP contribution >= 0.6 is 34.8 Å². The summed E-state index contributed by atoms with van der Waals surface area (Å²) in [5.41, 5.74) is 7.74. The van der Waals surface area contributed by atoms with Gasteiger partial charge in [-0.15, -0.1) is 0 Å². The number of nitrogens with two attached hydrogens (primary N) is 1. The van der Waals surface area contributed by atoms with E-state index in [1.807, 2.05) is 0 Å². The van der Waals surface area contributed by atoms with Crippen LogP contribution in [0.25, 0.3) is 11.0 Å². The fourth-order valence-corrected chi connectivity index (χ4v) is 3.70. The summed E-state index contributed by atoms with van der Waals surface area (Å²) in [5.74, 6) is 0.520. The first-order valence-electron chi connectivity index (χ1n) is 10.3. The average Bonchev–Trinajstić information content (AvgIpc) is 3.17. The third-order valence-corrected chi connectivity index (χ3v) is 5.93. The van der Waals surface area contributed by atoms with Gasteiger partial charge in [0.05, 0.1) is 26.8 Å². The van der Waals surface area contributed by atoms with Gasteiger partial charge >= 0.3 is 0 Å². The first-order valence-corrected chi connectivity index (χ1v) is 11.4. The van der Waals surface area contributed by atoms with Crippen molar-refractivity contribution in [2.45, 2.75) is 25.3 Å². The summed E-state index contributed by atoms with van der Waals surface area (Å²) in [7, 11) is 0. The van der Waals surface area contributed by atoms with E-state index in [1.165, 1.54) is 25.5 Å². The Kier molecular flexibility index (Phi) is 7.35. The van der Waals surface area contributed by atoms with Crippen molar-refractivity contribution in [1.29, 1.82) is 0 Å². The lowest BCUT2D eigenvalue weighted by Crippen LogP contribution is -2.27. The number of H-pyrrole nitrogens is 1. The third-order valence-electron chi connectivity index (χ3n) is 5.06. The number of benzene rings is 2. The molecule has 1 saturated carbocycles. The number of amides is 1. The molecule has 5 rings (SSSR count). The van der Waals surface area contributed by atoms with Crippen LogP contribution in [0.1, 0.15) is 29.6 Å². The molecular weight excluding hydrogens is 483 g/mol. The molecule has 170 valence electrons. The minimum atomic E-state index is -0.310. The van der Waals surface area contributed by atoms with Crippen molar-refractivity contribution in [3.05, 3.63) is 75.4 Å².